The second-order valence-electron chi connectivity index (χ2n) is 6.58. The van der Waals surface area contributed by atoms with E-state index in [0.717, 1.165) is 41.2 Å². The molecule has 1 amide bonds. The largest absolute Gasteiger partial charge is 0.497 e. The quantitative estimate of drug-likeness (QED) is 0.866. The van der Waals surface area contributed by atoms with Gasteiger partial charge in [0.25, 0.3) is 0 Å². The molecule has 1 aliphatic heterocycles. The molecule has 0 spiro atoms. The number of aliphatic hydroxyl groups excluding tert-OH is 1. The van der Waals surface area contributed by atoms with Crippen LogP contribution in [0.2, 0.25) is 0 Å². The molecular formula is C21H25NO4. The number of rotatable bonds is 6. The summed E-state index contributed by atoms with van der Waals surface area (Å²) in [7, 11) is 3.32. The topological polar surface area (TPSA) is 59.0 Å². The van der Waals surface area contributed by atoms with Crippen LogP contribution in [-0.2, 0) is 17.8 Å². The molecule has 1 fully saturated rings. The van der Waals surface area contributed by atoms with Gasteiger partial charge in [0.1, 0.15) is 11.5 Å². The number of methoxy groups -OCH3 is 2. The first-order valence-corrected chi connectivity index (χ1v) is 8.83. The Kier molecular flexibility index (Phi) is 5.78. The van der Waals surface area contributed by atoms with E-state index in [0.29, 0.717) is 13.0 Å². The zero-order valence-electron chi connectivity index (χ0n) is 15.3. The molecule has 0 radical (unpaired) electrons. The Labute approximate surface area is 154 Å². The number of amides is 1. The Hall–Kier alpha value is -2.53. The van der Waals surface area contributed by atoms with Gasteiger partial charge in [-0.05, 0) is 35.7 Å². The van der Waals surface area contributed by atoms with E-state index in [9.17, 15) is 4.79 Å². The van der Waals surface area contributed by atoms with Crippen LogP contribution in [0.1, 0.15) is 29.0 Å². The first kappa shape index (κ1) is 18.3. The lowest BCUT2D eigenvalue weighted by atomic mass is 9.97. The highest BCUT2D eigenvalue weighted by Gasteiger charge is 2.29. The molecule has 5 heteroatoms. The molecule has 1 aliphatic rings. The number of aliphatic hydroxyl groups is 1. The molecule has 0 bridgehead atoms. The van der Waals surface area contributed by atoms with Gasteiger partial charge in [0.15, 0.2) is 0 Å². The average Bonchev–Trinajstić information content (AvgIpc) is 3.18. The van der Waals surface area contributed by atoms with Crippen molar-refractivity contribution in [1.82, 2.24) is 4.90 Å². The standard InChI is InChI=1S/C21H25NO4/c1-25-18-7-8-20(26-2)19(12-18)17-9-10-22(13-17)21(24)11-15-3-5-16(14-23)6-4-15/h3-8,12,17,23H,9-11,13-14H2,1-2H3/t17-/m1/s1. The fourth-order valence-corrected chi connectivity index (χ4v) is 3.45. The van der Waals surface area contributed by atoms with Crippen molar-refractivity contribution in [2.24, 2.45) is 0 Å². The zero-order chi connectivity index (χ0) is 18.5. The third kappa shape index (κ3) is 3.99. The maximum atomic E-state index is 12.6. The van der Waals surface area contributed by atoms with Gasteiger partial charge in [-0.15, -0.1) is 0 Å². The summed E-state index contributed by atoms with van der Waals surface area (Å²) in [5, 5.41) is 9.11. The van der Waals surface area contributed by atoms with E-state index >= 15 is 0 Å². The fraction of sp³-hybridized carbons (Fsp3) is 0.381. The minimum absolute atomic E-state index is 0.0183. The minimum Gasteiger partial charge on any atom is -0.497 e. The van der Waals surface area contributed by atoms with Crippen LogP contribution in [0.15, 0.2) is 42.5 Å². The molecule has 2 aromatic rings. The summed E-state index contributed by atoms with van der Waals surface area (Å²) in [4.78, 5) is 14.6. The van der Waals surface area contributed by atoms with Crippen molar-refractivity contribution in [3.05, 3.63) is 59.2 Å². The molecule has 1 saturated heterocycles. The summed E-state index contributed by atoms with van der Waals surface area (Å²) < 4.78 is 10.8. The maximum Gasteiger partial charge on any atom is 0.227 e. The van der Waals surface area contributed by atoms with Crippen LogP contribution in [0.5, 0.6) is 11.5 Å². The molecule has 1 atom stereocenters. The lowest BCUT2D eigenvalue weighted by Gasteiger charge is -2.18. The van der Waals surface area contributed by atoms with Gasteiger partial charge in [-0.3, -0.25) is 4.79 Å². The van der Waals surface area contributed by atoms with Gasteiger partial charge >= 0.3 is 0 Å². The van der Waals surface area contributed by atoms with Crippen molar-refractivity contribution >= 4 is 5.91 Å². The highest BCUT2D eigenvalue weighted by molar-refractivity contribution is 5.79. The predicted octanol–water partition coefficient (Wildman–Crippen LogP) is 2.75. The van der Waals surface area contributed by atoms with Gasteiger partial charge in [0.2, 0.25) is 5.91 Å². The number of ether oxygens (including phenoxy) is 2. The van der Waals surface area contributed by atoms with Crippen LogP contribution in [-0.4, -0.2) is 43.2 Å². The van der Waals surface area contributed by atoms with Gasteiger partial charge in [0, 0.05) is 24.6 Å². The van der Waals surface area contributed by atoms with E-state index in [1.807, 2.05) is 47.4 Å². The number of nitrogens with zero attached hydrogens (tertiary/aromatic N) is 1. The van der Waals surface area contributed by atoms with Gasteiger partial charge in [-0.2, -0.15) is 0 Å². The number of hydrogen-bond donors (Lipinski definition) is 1. The summed E-state index contributed by atoms with van der Waals surface area (Å²) in [6.07, 6.45) is 1.30. The molecule has 0 aliphatic carbocycles. The lowest BCUT2D eigenvalue weighted by molar-refractivity contribution is -0.129. The Morgan fingerprint density at radius 3 is 2.50 bits per heavy atom. The number of carbonyl (C=O) groups excluding carboxylic acids is 1. The van der Waals surface area contributed by atoms with Crippen molar-refractivity contribution in [1.29, 1.82) is 0 Å². The van der Waals surface area contributed by atoms with Crippen LogP contribution in [0.4, 0.5) is 0 Å². The molecule has 26 heavy (non-hydrogen) atoms. The Morgan fingerprint density at radius 1 is 1.12 bits per heavy atom. The normalized spacial score (nSPS) is 16.6. The minimum atomic E-state index is 0.0183. The molecule has 2 aromatic carbocycles. The lowest BCUT2D eigenvalue weighted by Crippen LogP contribution is -2.29. The van der Waals surface area contributed by atoms with Crippen LogP contribution in [0, 0.1) is 0 Å². The number of benzene rings is 2. The molecular weight excluding hydrogens is 330 g/mol. The van der Waals surface area contributed by atoms with Crippen molar-refractivity contribution in [3.63, 3.8) is 0 Å². The molecule has 1 heterocycles. The highest BCUT2D eigenvalue weighted by atomic mass is 16.5. The molecule has 0 saturated carbocycles. The second-order valence-corrected chi connectivity index (χ2v) is 6.58. The number of likely N-dealkylation sites (tertiary alicyclic amines) is 1. The molecule has 138 valence electrons. The van der Waals surface area contributed by atoms with Gasteiger partial charge in [0.05, 0.1) is 27.2 Å². The Balaban J connectivity index is 1.67. The van der Waals surface area contributed by atoms with E-state index in [2.05, 4.69) is 0 Å². The third-order valence-corrected chi connectivity index (χ3v) is 4.98. The summed E-state index contributed by atoms with van der Waals surface area (Å²) in [6, 6.07) is 13.3. The summed E-state index contributed by atoms with van der Waals surface area (Å²) in [5.41, 5.74) is 2.91. The Bertz CT molecular complexity index is 757. The molecule has 0 aromatic heterocycles. The molecule has 0 unspecified atom stereocenters. The first-order valence-electron chi connectivity index (χ1n) is 8.83. The number of carbonyl (C=O) groups is 1. The van der Waals surface area contributed by atoms with Crippen molar-refractivity contribution in [2.75, 3.05) is 27.3 Å². The summed E-state index contributed by atoms with van der Waals surface area (Å²) in [5.74, 6) is 2.02. The fourth-order valence-electron chi connectivity index (χ4n) is 3.45. The van der Waals surface area contributed by atoms with Crippen molar-refractivity contribution < 1.29 is 19.4 Å². The van der Waals surface area contributed by atoms with Gasteiger partial charge in [-0.1, -0.05) is 24.3 Å². The average molecular weight is 355 g/mol. The monoisotopic (exact) mass is 355 g/mol. The molecule has 3 rings (SSSR count). The smallest absolute Gasteiger partial charge is 0.227 e. The van der Waals surface area contributed by atoms with Crippen molar-refractivity contribution in [3.8, 4) is 11.5 Å². The molecule has 5 nitrogen and oxygen atoms in total. The summed E-state index contributed by atoms with van der Waals surface area (Å²) >= 11 is 0. The second kappa shape index (κ2) is 8.23. The summed E-state index contributed by atoms with van der Waals surface area (Å²) in [6.45, 7) is 1.46. The predicted molar refractivity (Wildman–Crippen MR) is 99.6 cm³/mol. The van der Waals surface area contributed by atoms with E-state index in [-0.39, 0.29) is 18.4 Å². The van der Waals surface area contributed by atoms with E-state index in [1.165, 1.54) is 0 Å². The maximum absolute atomic E-state index is 12.6. The van der Waals surface area contributed by atoms with E-state index in [1.54, 1.807) is 14.2 Å². The van der Waals surface area contributed by atoms with Crippen LogP contribution in [0.3, 0.4) is 0 Å². The highest BCUT2D eigenvalue weighted by Crippen LogP contribution is 2.36. The number of hydrogen-bond acceptors (Lipinski definition) is 4. The Morgan fingerprint density at radius 2 is 1.85 bits per heavy atom. The van der Waals surface area contributed by atoms with Crippen molar-refractivity contribution in [2.45, 2.75) is 25.4 Å². The van der Waals surface area contributed by atoms with Crippen LogP contribution >= 0.6 is 0 Å². The molecule has 1 N–H and O–H groups in total. The zero-order valence-corrected chi connectivity index (χ0v) is 15.3. The van der Waals surface area contributed by atoms with Crippen LogP contribution in [0.25, 0.3) is 0 Å². The van der Waals surface area contributed by atoms with E-state index < -0.39 is 0 Å². The van der Waals surface area contributed by atoms with Gasteiger partial charge in [-0.25, -0.2) is 0 Å². The van der Waals surface area contributed by atoms with Gasteiger partial charge < -0.3 is 19.5 Å². The van der Waals surface area contributed by atoms with E-state index in [4.69, 9.17) is 14.6 Å². The SMILES string of the molecule is COc1ccc(OC)c([C@@H]2CCN(C(=O)Cc3ccc(CO)cc3)C2)c1. The first-order chi connectivity index (χ1) is 12.6. The van der Waals surface area contributed by atoms with Crippen LogP contribution < -0.4 is 9.47 Å². The third-order valence-electron chi connectivity index (χ3n) is 4.98.